The molecule has 102 valence electrons. The van der Waals surface area contributed by atoms with Crippen LogP contribution in [0.15, 0.2) is 0 Å². The van der Waals surface area contributed by atoms with Crippen LogP contribution in [0.4, 0.5) is 0 Å². The minimum Gasteiger partial charge on any atom is -0.469 e. The summed E-state index contributed by atoms with van der Waals surface area (Å²) in [6.45, 7) is 1.55. The molecule has 0 aliphatic carbocycles. The van der Waals surface area contributed by atoms with Crippen LogP contribution in [0.5, 0.6) is 0 Å². The van der Waals surface area contributed by atoms with Gasteiger partial charge in [-0.25, -0.2) is 0 Å². The van der Waals surface area contributed by atoms with Gasteiger partial charge in [0.15, 0.2) is 0 Å². The molecule has 0 aromatic heterocycles. The summed E-state index contributed by atoms with van der Waals surface area (Å²) >= 11 is 0. The van der Waals surface area contributed by atoms with E-state index in [1.165, 1.54) is 28.1 Å². The number of hydrogen-bond acceptors (Lipinski definition) is 5. The quantitative estimate of drug-likeness (QED) is 0.601. The summed E-state index contributed by atoms with van der Waals surface area (Å²) in [7, 11) is 0.351. The van der Waals surface area contributed by atoms with E-state index in [1.54, 1.807) is 0 Å². The van der Waals surface area contributed by atoms with Crippen LogP contribution in [-0.2, 0) is 19.7 Å². The van der Waals surface area contributed by atoms with Gasteiger partial charge in [0.05, 0.1) is 19.6 Å². The lowest BCUT2D eigenvalue weighted by Crippen LogP contribution is -2.43. The third-order valence-electron chi connectivity index (χ3n) is 2.17. The molecular formula is C9H20N2O5S. The van der Waals surface area contributed by atoms with Gasteiger partial charge in [-0.15, -0.1) is 0 Å². The van der Waals surface area contributed by atoms with E-state index in [1.807, 2.05) is 0 Å². The van der Waals surface area contributed by atoms with Crippen LogP contribution in [0.25, 0.3) is 0 Å². The van der Waals surface area contributed by atoms with Gasteiger partial charge >= 0.3 is 5.97 Å². The fourth-order valence-corrected chi connectivity index (χ4v) is 2.37. The van der Waals surface area contributed by atoms with Gasteiger partial charge in [0, 0.05) is 27.2 Å². The highest BCUT2D eigenvalue weighted by Crippen LogP contribution is 2.05. The van der Waals surface area contributed by atoms with Crippen molar-refractivity contribution >= 4 is 16.2 Å². The van der Waals surface area contributed by atoms with Crippen molar-refractivity contribution in [3.63, 3.8) is 0 Å². The van der Waals surface area contributed by atoms with Gasteiger partial charge in [0.2, 0.25) is 0 Å². The lowest BCUT2D eigenvalue weighted by Gasteiger charge is -2.24. The number of nitrogens with zero attached hydrogens (tertiary/aromatic N) is 2. The SMILES string of the molecule is COC(=O)CCN(C)S(=O)(=O)N(C)CC(C)O. The highest BCUT2D eigenvalue weighted by atomic mass is 32.2. The van der Waals surface area contributed by atoms with E-state index in [4.69, 9.17) is 5.11 Å². The van der Waals surface area contributed by atoms with E-state index >= 15 is 0 Å². The van der Waals surface area contributed by atoms with Crippen LogP contribution in [0, 0.1) is 0 Å². The van der Waals surface area contributed by atoms with E-state index < -0.39 is 22.3 Å². The highest BCUT2D eigenvalue weighted by Gasteiger charge is 2.24. The number of carbonyl (C=O) groups is 1. The maximum absolute atomic E-state index is 11.9. The molecule has 0 bridgehead atoms. The van der Waals surface area contributed by atoms with Crippen molar-refractivity contribution in [2.24, 2.45) is 0 Å². The van der Waals surface area contributed by atoms with Gasteiger partial charge in [-0.2, -0.15) is 17.0 Å². The predicted molar refractivity (Wildman–Crippen MR) is 62.5 cm³/mol. The summed E-state index contributed by atoms with van der Waals surface area (Å²) in [4.78, 5) is 10.9. The Balaban J connectivity index is 4.44. The van der Waals surface area contributed by atoms with Crippen molar-refractivity contribution in [2.75, 3.05) is 34.3 Å². The van der Waals surface area contributed by atoms with Gasteiger partial charge < -0.3 is 9.84 Å². The molecule has 0 aliphatic heterocycles. The van der Waals surface area contributed by atoms with Crippen LogP contribution in [0.2, 0.25) is 0 Å². The molecule has 0 aromatic carbocycles. The molecule has 1 unspecified atom stereocenters. The molecule has 7 nitrogen and oxygen atoms in total. The van der Waals surface area contributed by atoms with Crippen LogP contribution in [-0.4, -0.2) is 68.5 Å². The van der Waals surface area contributed by atoms with Crippen molar-refractivity contribution in [3.8, 4) is 0 Å². The standard InChI is InChI=1S/C9H20N2O5S/c1-8(12)7-11(3)17(14,15)10(2)6-5-9(13)16-4/h8,12H,5-7H2,1-4H3. The fraction of sp³-hybridized carbons (Fsp3) is 0.889. The Labute approximate surface area is 102 Å². The molecule has 1 atom stereocenters. The number of likely N-dealkylation sites (N-methyl/N-ethyl adjacent to an activating group) is 1. The summed E-state index contributed by atoms with van der Waals surface area (Å²) in [6.07, 6.45) is -0.752. The number of aliphatic hydroxyl groups excluding tert-OH is 1. The molecule has 0 amide bonds. The minimum atomic E-state index is -3.64. The summed E-state index contributed by atoms with van der Waals surface area (Å²) in [5, 5.41) is 9.13. The summed E-state index contributed by atoms with van der Waals surface area (Å²) in [5.74, 6) is -0.467. The first-order chi connectivity index (χ1) is 7.71. The number of rotatable bonds is 7. The minimum absolute atomic E-state index is 0.00486. The molecule has 8 heteroatoms. The van der Waals surface area contributed by atoms with E-state index in [2.05, 4.69) is 4.74 Å². The Morgan fingerprint density at radius 1 is 1.35 bits per heavy atom. The smallest absolute Gasteiger partial charge is 0.306 e. The monoisotopic (exact) mass is 268 g/mol. The van der Waals surface area contributed by atoms with Gasteiger partial charge in [-0.1, -0.05) is 0 Å². The fourth-order valence-electron chi connectivity index (χ4n) is 1.17. The molecule has 1 N–H and O–H groups in total. The zero-order chi connectivity index (χ0) is 13.6. The largest absolute Gasteiger partial charge is 0.469 e. The van der Waals surface area contributed by atoms with Crippen LogP contribution < -0.4 is 0 Å². The number of ether oxygens (including phenoxy) is 1. The second-order valence-electron chi connectivity index (χ2n) is 3.78. The number of esters is 1. The lowest BCUT2D eigenvalue weighted by atomic mass is 10.4. The van der Waals surface area contributed by atoms with Crippen molar-refractivity contribution in [2.45, 2.75) is 19.4 Å². The van der Waals surface area contributed by atoms with E-state index in [-0.39, 0.29) is 19.5 Å². The topological polar surface area (TPSA) is 87.2 Å². The Morgan fingerprint density at radius 2 is 1.88 bits per heavy atom. The molecule has 0 saturated carbocycles. The number of aliphatic hydroxyl groups is 1. The normalized spacial score (nSPS) is 14.1. The average Bonchev–Trinajstić information content (AvgIpc) is 2.23. The Morgan fingerprint density at radius 3 is 2.29 bits per heavy atom. The van der Waals surface area contributed by atoms with Gasteiger partial charge in [0.1, 0.15) is 0 Å². The maximum atomic E-state index is 11.9. The predicted octanol–water partition coefficient (Wildman–Crippen LogP) is -0.961. The Bertz CT molecular complexity index is 341. The number of carbonyl (C=O) groups excluding carboxylic acids is 1. The molecule has 0 saturated heterocycles. The molecule has 0 radical (unpaired) electrons. The maximum Gasteiger partial charge on any atom is 0.306 e. The van der Waals surface area contributed by atoms with E-state index in [9.17, 15) is 13.2 Å². The molecule has 0 spiro atoms. The molecule has 0 rings (SSSR count). The molecule has 0 aliphatic rings. The first kappa shape index (κ1) is 16.3. The second-order valence-corrected chi connectivity index (χ2v) is 5.93. The molecule has 0 aromatic rings. The second kappa shape index (κ2) is 6.90. The third kappa shape index (κ3) is 5.44. The van der Waals surface area contributed by atoms with Gasteiger partial charge in [0.25, 0.3) is 10.2 Å². The number of methoxy groups -OCH3 is 1. The van der Waals surface area contributed by atoms with Crippen molar-refractivity contribution in [1.82, 2.24) is 8.61 Å². The van der Waals surface area contributed by atoms with Crippen molar-refractivity contribution in [3.05, 3.63) is 0 Å². The molecule has 0 fully saturated rings. The summed E-state index contributed by atoms with van der Waals surface area (Å²) < 4.78 is 30.2. The third-order valence-corrected chi connectivity index (χ3v) is 4.07. The number of hydrogen-bond donors (Lipinski definition) is 1. The molecular weight excluding hydrogens is 248 g/mol. The van der Waals surface area contributed by atoms with Gasteiger partial charge in [-0.05, 0) is 6.92 Å². The zero-order valence-electron chi connectivity index (χ0n) is 10.6. The Hall–Kier alpha value is -0.700. The average molecular weight is 268 g/mol. The van der Waals surface area contributed by atoms with Crippen LogP contribution in [0.3, 0.4) is 0 Å². The van der Waals surface area contributed by atoms with Crippen LogP contribution in [0.1, 0.15) is 13.3 Å². The zero-order valence-corrected chi connectivity index (χ0v) is 11.4. The van der Waals surface area contributed by atoms with Gasteiger partial charge in [-0.3, -0.25) is 4.79 Å². The Kier molecular flexibility index (Phi) is 6.61. The van der Waals surface area contributed by atoms with Crippen molar-refractivity contribution in [1.29, 1.82) is 0 Å². The summed E-state index contributed by atoms with van der Waals surface area (Å²) in [5.41, 5.74) is 0. The van der Waals surface area contributed by atoms with E-state index in [0.717, 1.165) is 8.61 Å². The van der Waals surface area contributed by atoms with Crippen molar-refractivity contribution < 1.29 is 23.1 Å². The molecule has 17 heavy (non-hydrogen) atoms. The first-order valence-corrected chi connectivity index (χ1v) is 6.54. The first-order valence-electron chi connectivity index (χ1n) is 5.14. The lowest BCUT2D eigenvalue weighted by molar-refractivity contribution is -0.140. The van der Waals surface area contributed by atoms with Crippen LogP contribution >= 0.6 is 0 Å². The molecule has 0 heterocycles. The van der Waals surface area contributed by atoms with E-state index in [0.29, 0.717) is 0 Å². The summed E-state index contributed by atoms with van der Waals surface area (Å²) in [6, 6.07) is 0. The highest BCUT2D eigenvalue weighted by molar-refractivity contribution is 7.86.